The van der Waals surface area contributed by atoms with E-state index in [1.165, 1.54) is 14.2 Å². The first-order valence-electron chi connectivity index (χ1n) is 12.5. The highest BCUT2D eigenvalue weighted by molar-refractivity contribution is 5.98. The fraction of sp³-hybridized carbons (Fsp3) is 0.414. The zero-order valence-corrected chi connectivity index (χ0v) is 21.4. The number of carbonyl (C=O) groups is 3. The first-order chi connectivity index (χ1) is 17.8. The number of esters is 2. The first-order valence-corrected chi connectivity index (χ1v) is 12.5. The number of allylic oxidation sites excluding steroid dienone is 1. The highest BCUT2D eigenvalue weighted by Crippen LogP contribution is 2.49. The van der Waals surface area contributed by atoms with Gasteiger partial charge in [-0.1, -0.05) is 12.2 Å². The van der Waals surface area contributed by atoms with Gasteiger partial charge in [0.2, 0.25) is 0 Å². The van der Waals surface area contributed by atoms with E-state index < -0.39 is 24.0 Å². The van der Waals surface area contributed by atoms with Crippen LogP contribution in [0.4, 0.5) is 0 Å². The number of hydrogen-bond acceptors (Lipinski definition) is 8. The number of methoxy groups -OCH3 is 2. The number of phenolic OH excluding ortho intramolecular Hbond substituents is 1. The Morgan fingerprint density at radius 1 is 1.03 bits per heavy atom. The molecule has 0 saturated carbocycles. The summed E-state index contributed by atoms with van der Waals surface area (Å²) in [6, 6.07) is 6.80. The van der Waals surface area contributed by atoms with Crippen molar-refractivity contribution in [3.63, 3.8) is 0 Å². The van der Waals surface area contributed by atoms with Crippen LogP contribution in [0.5, 0.6) is 23.0 Å². The second-order valence-corrected chi connectivity index (χ2v) is 9.38. The molecule has 37 heavy (non-hydrogen) atoms. The van der Waals surface area contributed by atoms with Crippen molar-refractivity contribution in [3.8, 4) is 23.0 Å². The van der Waals surface area contributed by atoms with Gasteiger partial charge in [-0.2, -0.15) is 0 Å². The Morgan fingerprint density at radius 2 is 1.81 bits per heavy atom. The van der Waals surface area contributed by atoms with Crippen LogP contribution in [0.15, 0.2) is 30.3 Å². The number of cyclic esters (lactones) is 1. The molecule has 8 heteroatoms. The number of ketones is 1. The molecule has 0 unspecified atom stereocenters. The Morgan fingerprint density at radius 3 is 2.57 bits per heavy atom. The topological polar surface area (TPSA) is 108 Å². The molecule has 2 aromatic rings. The SMILES string of the molecule is COc1ccc(OC)c([C@H]2CC(=O)Oc3cc4c(c(O)c32)C(=O)O[C@@H](C)CCCC(=O)CCCC=C4)c1. The van der Waals surface area contributed by atoms with Gasteiger partial charge >= 0.3 is 11.9 Å². The first kappa shape index (κ1) is 26.3. The van der Waals surface area contributed by atoms with Crippen molar-refractivity contribution in [1.82, 2.24) is 0 Å². The lowest BCUT2D eigenvalue weighted by Crippen LogP contribution is -2.23. The molecule has 0 aromatic heterocycles. The van der Waals surface area contributed by atoms with Gasteiger partial charge in [0.15, 0.2) is 0 Å². The van der Waals surface area contributed by atoms with E-state index in [0.29, 0.717) is 66.7 Å². The van der Waals surface area contributed by atoms with Crippen LogP contribution in [-0.4, -0.2) is 43.2 Å². The van der Waals surface area contributed by atoms with Gasteiger partial charge in [0, 0.05) is 29.9 Å². The molecular weight excluding hydrogens is 476 g/mol. The molecule has 2 aromatic carbocycles. The predicted molar refractivity (Wildman–Crippen MR) is 136 cm³/mol. The summed E-state index contributed by atoms with van der Waals surface area (Å²) in [5, 5.41) is 11.5. The van der Waals surface area contributed by atoms with E-state index in [2.05, 4.69) is 0 Å². The molecule has 4 rings (SSSR count). The van der Waals surface area contributed by atoms with E-state index in [1.807, 2.05) is 6.08 Å². The largest absolute Gasteiger partial charge is 0.507 e. The fourth-order valence-corrected chi connectivity index (χ4v) is 4.90. The molecular formula is C29H32O8. The molecule has 0 amide bonds. The van der Waals surface area contributed by atoms with Crippen LogP contribution in [0.25, 0.3) is 6.08 Å². The minimum atomic E-state index is -0.677. The lowest BCUT2D eigenvalue weighted by molar-refractivity contribution is -0.135. The molecule has 2 atom stereocenters. The Labute approximate surface area is 216 Å². The molecule has 0 fully saturated rings. The van der Waals surface area contributed by atoms with Crippen LogP contribution in [0.2, 0.25) is 0 Å². The van der Waals surface area contributed by atoms with Gasteiger partial charge in [-0.25, -0.2) is 4.79 Å². The van der Waals surface area contributed by atoms with Gasteiger partial charge in [-0.15, -0.1) is 0 Å². The van der Waals surface area contributed by atoms with Crippen molar-refractivity contribution in [1.29, 1.82) is 0 Å². The van der Waals surface area contributed by atoms with Crippen molar-refractivity contribution >= 4 is 23.8 Å². The molecule has 196 valence electrons. The number of carbonyl (C=O) groups excluding carboxylic acids is 3. The van der Waals surface area contributed by atoms with E-state index in [1.54, 1.807) is 37.3 Å². The number of fused-ring (bicyclic) bond motifs is 2. The van der Waals surface area contributed by atoms with Crippen molar-refractivity contribution in [2.45, 2.75) is 63.9 Å². The van der Waals surface area contributed by atoms with E-state index in [0.717, 1.165) is 0 Å². The van der Waals surface area contributed by atoms with Gasteiger partial charge in [0.05, 0.1) is 26.7 Å². The Balaban J connectivity index is 1.85. The normalized spacial score (nSPS) is 20.7. The highest BCUT2D eigenvalue weighted by Gasteiger charge is 2.37. The van der Waals surface area contributed by atoms with E-state index >= 15 is 0 Å². The quantitative estimate of drug-likeness (QED) is 0.438. The van der Waals surface area contributed by atoms with Gasteiger partial charge in [0.1, 0.15) is 34.3 Å². The van der Waals surface area contributed by atoms with Crippen molar-refractivity contribution in [3.05, 3.63) is 52.6 Å². The van der Waals surface area contributed by atoms with Crippen LogP contribution in [-0.2, 0) is 14.3 Å². The maximum atomic E-state index is 13.4. The summed E-state index contributed by atoms with van der Waals surface area (Å²) in [5.74, 6) is -0.643. The van der Waals surface area contributed by atoms with Crippen LogP contribution in [0, 0.1) is 0 Å². The second kappa shape index (κ2) is 11.5. The lowest BCUT2D eigenvalue weighted by Gasteiger charge is -2.28. The van der Waals surface area contributed by atoms with Crippen LogP contribution >= 0.6 is 0 Å². The Hall–Kier alpha value is -3.81. The summed E-state index contributed by atoms with van der Waals surface area (Å²) >= 11 is 0. The van der Waals surface area contributed by atoms with Crippen LogP contribution in [0.1, 0.15) is 84.8 Å². The van der Waals surface area contributed by atoms with Crippen molar-refractivity contribution in [2.75, 3.05) is 14.2 Å². The van der Waals surface area contributed by atoms with Crippen molar-refractivity contribution < 1.29 is 38.4 Å². The molecule has 0 radical (unpaired) electrons. The third-order valence-electron chi connectivity index (χ3n) is 6.79. The molecule has 1 N–H and O–H groups in total. The maximum Gasteiger partial charge on any atom is 0.342 e. The molecule has 2 heterocycles. The summed E-state index contributed by atoms with van der Waals surface area (Å²) in [7, 11) is 3.06. The molecule has 2 aliphatic heterocycles. The number of ether oxygens (including phenoxy) is 4. The minimum absolute atomic E-state index is 0.0137. The zero-order valence-electron chi connectivity index (χ0n) is 21.4. The number of phenols is 1. The van der Waals surface area contributed by atoms with Crippen LogP contribution < -0.4 is 14.2 Å². The smallest absolute Gasteiger partial charge is 0.342 e. The average molecular weight is 509 g/mol. The van der Waals surface area contributed by atoms with Gasteiger partial charge in [-0.05, 0) is 62.4 Å². The Kier molecular flexibility index (Phi) is 8.16. The standard InChI is InChI=1S/C29H32O8/c1-17-8-7-11-19(30)10-6-4-5-9-18-14-24-27(28(32)26(18)29(33)36-17)22(16-25(31)37-24)21-15-20(34-2)12-13-23(21)35-3/h5,9,12-15,17,22,32H,4,6-8,10-11,16H2,1-3H3/t17-,22+/m0/s1. The highest BCUT2D eigenvalue weighted by atomic mass is 16.5. The molecule has 0 aliphatic carbocycles. The zero-order chi connectivity index (χ0) is 26.5. The van der Waals surface area contributed by atoms with Crippen LogP contribution in [0.3, 0.4) is 0 Å². The van der Waals surface area contributed by atoms with Gasteiger partial charge in [-0.3, -0.25) is 9.59 Å². The summed E-state index contributed by atoms with van der Waals surface area (Å²) in [6.45, 7) is 1.77. The summed E-state index contributed by atoms with van der Waals surface area (Å²) in [5.41, 5.74) is 1.33. The summed E-state index contributed by atoms with van der Waals surface area (Å²) < 4.78 is 22.1. The van der Waals surface area contributed by atoms with E-state index in [4.69, 9.17) is 18.9 Å². The number of benzene rings is 2. The molecule has 0 saturated heterocycles. The number of Topliss-reactive ketones (excluding diaryl/α,β-unsaturated/α-hetero) is 1. The molecule has 8 nitrogen and oxygen atoms in total. The molecule has 0 spiro atoms. The van der Waals surface area contributed by atoms with Gasteiger partial charge < -0.3 is 24.1 Å². The number of hydrogen-bond donors (Lipinski definition) is 1. The van der Waals surface area contributed by atoms with E-state index in [-0.39, 0.29) is 29.3 Å². The minimum Gasteiger partial charge on any atom is -0.507 e. The maximum absolute atomic E-state index is 13.4. The van der Waals surface area contributed by atoms with E-state index in [9.17, 15) is 19.5 Å². The third-order valence-corrected chi connectivity index (χ3v) is 6.79. The molecule has 2 aliphatic rings. The average Bonchev–Trinajstić information content (AvgIpc) is 2.86. The summed E-state index contributed by atoms with van der Waals surface area (Å²) in [6.07, 6.45) is 6.45. The summed E-state index contributed by atoms with van der Waals surface area (Å²) in [4.78, 5) is 38.1. The van der Waals surface area contributed by atoms with Crippen molar-refractivity contribution in [2.24, 2.45) is 0 Å². The monoisotopic (exact) mass is 508 g/mol. The number of aromatic hydroxyl groups is 1. The fourth-order valence-electron chi connectivity index (χ4n) is 4.90. The Bertz CT molecular complexity index is 1230. The number of rotatable bonds is 3. The van der Waals surface area contributed by atoms with Gasteiger partial charge in [0.25, 0.3) is 0 Å². The molecule has 0 bridgehead atoms. The second-order valence-electron chi connectivity index (χ2n) is 9.38. The lowest BCUT2D eigenvalue weighted by atomic mass is 9.83. The predicted octanol–water partition coefficient (Wildman–Crippen LogP) is 5.33. The third kappa shape index (κ3) is 5.79.